The molecule has 15 nitrogen and oxygen atoms in total. The number of ether oxygens (including phenoxy) is 2. The van der Waals surface area contributed by atoms with E-state index in [0.717, 1.165) is 0 Å². The van der Waals surface area contributed by atoms with Crippen molar-refractivity contribution < 1.29 is 48.5 Å². The molecular weight excluding hydrogens is 698 g/mol. The second-order valence-electron chi connectivity index (χ2n) is 14.7. The van der Waals surface area contributed by atoms with Gasteiger partial charge in [-0.15, -0.1) is 0 Å². The van der Waals surface area contributed by atoms with E-state index in [1.165, 1.54) is 32.4 Å². The molecule has 0 radical (unpaired) electrons. The van der Waals surface area contributed by atoms with Gasteiger partial charge in [0, 0.05) is 29.9 Å². The van der Waals surface area contributed by atoms with Gasteiger partial charge in [-0.3, -0.25) is 19.2 Å². The molecule has 0 aliphatic carbocycles. The topological polar surface area (TPSA) is 235 Å². The van der Waals surface area contributed by atoms with Crippen molar-refractivity contribution in [1.82, 2.24) is 21.3 Å². The quantitative estimate of drug-likeness (QED) is 0.109. The van der Waals surface area contributed by atoms with Gasteiger partial charge in [-0.1, -0.05) is 67.5 Å². The number of nitrogens with one attached hydrogen (secondary N) is 4. The van der Waals surface area contributed by atoms with E-state index in [0.29, 0.717) is 11.1 Å². The van der Waals surface area contributed by atoms with Gasteiger partial charge in [-0.05, 0) is 53.1 Å². The van der Waals surface area contributed by atoms with Gasteiger partial charge < -0.3 is 46.7 Å². The first-order chi connectivity index (χ1) is 25.2. The van der Waals surface area contributed by atoms with Crippen LogP contribution >= 0.6 is 0 Å². The number of hydrogen-bond donors (Lipinski definition) is 7. The van der Waals surface area contributed by atoms with E-state index < -0.39 is 71.7 Å². The molecule has 0 aliphatic rings. The Hall–Kier alpha value is -5.18. The Kier molecular flexibility index (Phi) is 16.9. The van der Waals surface area contributed by atoms with Crippen molar-refractivity contribution in [3.63, 3.8) is 0 Å². The first-order valence-electron chi connectivity index (χ1n) is 18.0. The van der Waals surface area contributed by atoms with E-state index in [2.05, 4.69) is 21.3 Å². The zero-order chi connectivity index (χ0) is 41.0. The third kappa shape index (κ3) is 12.5. The number of phenols is 2. The van der Waals surface area contributed by atoms with Crippen molar-refractivity contribution in [3.8, 4) is 22.6 Å². The molecule has 0 aromatic heterocycles. The Morgan fingerprint density at radius 3 is 1.26 bits per heavy atom. The van der Waals surface area contributed by atoms with E-state index in [9.17, 15) is 39.0 Å². The number of nitrogens with two attached hydrogens (primary N) is 1. The highest BCUT2D eigenvalue weighted by Gasteiger charge is 2.32. The second-order valence-corrected chi connectivity index (χ2v) is 14.7. The number of amides is 4. The summed E-state index contributed by atoms with van der Waals surface area (Å²) in [5, 5.41) is 32.7. The van der Waals surface area contributed by atoms with Crippen molar-refractivity contribution >= 4 is 35.6 Å². The Balaban J connectivity index is 2.55. The molecule has 5 atom stereocenters. The number of carbonyl (C=O) groups is 6. The van der Waals surface area contributed by atoms with Crippen LogP contribution in [0.25, 0.3) is 11.1 Å². The first-order valence-corrected chi connectivity index (χ1v) is 18.0. The summed E-state index contributed by atoms with van der Waals surface area (Å²) >= 11 is 0. The minimum atomic E-state index is -1.20. The molecule has 15 heteroatoms. The highest BCUT2D eigenvalue weighted by atomic mass is 16.5. The maximum absolute atomic E-state index is 13.6. The molecule has 0 saturated heterocycles. The standard InChI is InChI=1S/C39H57N5O10/c1-19(2)31(40)37(50)42-28(36(49)44-33(21(5)6)39(52)54-10)18-24-12-14-30(46)26(16-24)25-15-23(11-13-29(25)45)17-27(41-34(47)22(7)8)35(48)43-32(20(3)4)38(51)53-9/h11-16,19-22,27-28,31-33,45-46H,17-18,40H2,1-10H3,(H,41,47)(H,42,50)(H,43,48)(H,44,49)/t27-,28?,31+,32-,33?/m0/s1. The third-order valence-electron chi connectivity index (χ3n) is 8.94. The fourth-order valence-electron chi connectivity index (χ4n) is 5.41. The van der Waals surface area contributed by atoms with E-state index in [1.54, 1.807) is 73.6 Å². The van der Waals surface area contributed by atoms with Crippen LogP contribution in [-0.4, -0.2) is 90.2 Å². The average molecular weight is 756 g/mol. The Labute approximate surface area is 317 Å². The maximum Gasteiger partial charge on any atom is 0.328 e. The van der Waals surface area contributed by atoms with Gasteiger partial charge in [0.05, 0.1) is 20.3 Å². The molecule has 2 unspecified atom stereocenters. The number of aromatic hydroxyl groups is 2. The minimum Gasteiger partial charge on any atom is -0.507 e. The van der Waals surface area contributed by atoms with E-state index in [4.69, 9.17) is 15.2 Å². The van der Waals surface area contributed by atoms with Crippen LogP contribution < -0.4 is 27.0 Å². The molecule has 0 saturated carbocycles. The van der Waals surface area contributed by atoms with Crippen LogP contribution in [0.5, 0.6) is 11.5 Å². The lowest BCUT2D eigenvalue weighted by Crippen LogP contribution is -2.57. The van der Waals surface area contributed by atoms with Crippen molar-refractivity contribution in [2.24, 2.45) is 29.4 Å². The number of esters is 2. The predicted octanol–water partition coefficient (Wildman–Crippen LogP) is 2.09. The molecule has 2 aromatic carbocycles. The van der Waals surface area contributed by atoms with Crippen LogP contribution in [0, 0.1) is 23.7 Å². The highest BCUT2D eigenvalue weighted by Crippen LogP contribution is 2.37. The Morgan fingerprint density at radius 2 is 0.944 bits per heavy atom. The molecule has 2 aromatic rings. The van der Waals surface area contributed by atoms with Gasteiger partial charge in [0.2, 0.25) is 23.6 Å². The van der Waals surface area contributed by atoms with Gasteiger partial charge in [-0.2, -0.15) is 0 Å². The van der Waals surface area contributed by atoms with Gasteiger partial charge in [0.25, 0.3) is 0 Å². The Bertz CT molecular complexity index is 1660. The molecule has 8 N–H and O–H groups in total. The Morgan fingerprint density at radius 1 is 0.574 bits per heavy atom. The molecule has 4 amide bonds. The van der Waals surface area contributed by atoms with Gasteiger partial charge in [0.15, 0.2) is 0 Å². The normalized spacial score (nSPS) is 14.1. The van der Waals surface area contributed by atoms with Crippen molar-refractivity contribution in [2.45, 2.75) is 98.4 Å². The number of carbonyl (C=O) groups excluding carboxylic acids is 6. The van der Waals surface area contributed by atoms with Gasteiger partial charge in [-0.25, -0.2) is 9.59 Å². The number of phenolic OH excluding ortho intramolecular Hbond substituents is 2. The molecule has 0 bridgehead atoms. The van der Waals surface area contributed by atoms with Crippen molar-refractivity contribution in [1.29, 1.82) is 0 Å². The number of methoxy groups -OCH3 is 2. The molecule has 2 rings (SSSR count). The summed E-state index contributed by atoms with van der Waals surface area (Å²) in [6.07, 6.45) is -0.144. The minimum absolute atomic E-state index is 0.0500. The zero-order valence-electron chi connectivity index (χ0n) is 32.8. The maximum atomic E-state index is 13.6. The van der Waals surface area contributed by atoms with Crippen LogP contribution in [0.2, 0.25) is 0 Å². The largest absolute Gasteiger partial charge is 0.507 e. The molecule has 54 heavy (non-hydrogen) atoms. The molecule has 0 spiro atoms. The van der Waals surface area contributed by atoms with Gasteiger partial charge >= 0.3 is 11.9 Å². The smallest absolute Gasteiger partial charge is 0.328 e. The number of hydrogen-bond acceptors (Lipinski definition) is 11. The zero-order valence-corrected chi connectivity index (χ0v) is 32.8. The lowest BCUT2D eigenvalue weighted by Gasteiger charge is -2.26. The molecule has 298 valence electrons. The van der Waals surface area contributed by atoms with E-state index in [-0.39, 0.29) is 53.2 Å². The van der Waals surface area contributed by atoms with Gasteiger partial charge in [0.1, 0.15) is 35.7 Å². The highest BCUT2D eigenvalue weighted by molar-refractivity contribution is 5.93. The van der Waals surface area contributed by atoms with Crippen molar-refractivity contribution in [3.05, 3.63) is 47.5 Å². The third-order valence-corrected chi connectivity index (χ3v) is 8.94. The monoisotopic (exact) mass is 755 g/mol. The van der Waals surface area contributed by atoms with Crippen LogP contribution in [0.15, 0.2) is 36.4 Å². The lowest BCUT2D eigenvalue weighted by molar-refractivity contribution is -0.147. The SMILES string of the molecule is COC(=O)C(NC(=O)C(Cc1ccc(O)c(-c2cc(C[C@H](NC(=O)C(C)C)C(=O)N[C@H](C(=O)OC)C(C)C)ccc2O)c1)NC(=O)[C@H](N)C(C)C)C(C)C. The molecule has 0 fully saturated rings. The van der Waals surface area contributed by atoms with Crippen molar-refractivity contribution in [2.75, 3.05) is 14.2 Å². The summed E-state index contributed by atoms with van der Waals surface area (Å²) < 4.78 is 9.70. The van der Waals surface area contributed by atoms with Crippen LogP contribution in [0.1, 0.15) is 66.5 Å². The predicted molar refractivity (Wildman–Crippen MR) is 202 cm³/mol. The summed E-state index contributed by atoms with van der Waals surface area (Å²) in [7, 11) is 2.42. The van der Waals surface area contributed by atoms with Crippen LogP contribution in [0.4, 0.5) is 0 Å². The number of benzene rings is 2. The summed E-state index contributed by atoms with van der Waals surface area (Å²) in [5.41, 5.74) is 7.38. The van der Waals surface area contributed by atoms with Crippen LogP contribution in [0.3, 0.4) is 0 Å². The number of rotatable bonds is 18. The summed E-state index contributed by atoms with van der Waals surface area (Å²) in [4.78, 5) is 77.7. The van der Waals surface area contributed by atoms with E-state index in [1.807, 2.05) is 0 Å². The fourth-order valence-corrected chi connectivity index (χ4v) is 5.41. The van der Waals surface area contributed by atoms with Crippen LogP contribution in [-0.2, 0) is 51.1 Å². The first kappa shape index (κ1) is 45.0. The summed E-state index contributed by atoms with van der Waals surface area (Å²) in [6.45, 7) is 13.8. The molecule has 0 heterocycles. The second kappa shape index (κ2) is 20.3. The molecular formula is C39H57N5O10. The molecule has 0 aliphatic heterocycles. The lowest BCUT2D eigenvalue weighted by atomic mass is 9.94. The average Bonchev–Trinajstić information content (AvgIpc) is 3.11. The van der Waals surface area contributed by atoms with E-state index >= 15 is 0 Å². The fraction of sp³-hybridized carbons (Fsp3) is 0.538. The summed E-state index contributed by atoms with van der Waals surface area (Å²) in [5.74, 6) is -5.33. The summed E-state index contributed by atoms with van der Waals surface area (Å²) in [6, 6.07) is 3.73.